The number of hydrogen-bond donors (Lipinski definition) is 0. The fraction of sp³-hybridized carbons (Fsp3) is 0.500. The Morgan fingerprint density at radius 2 is 2.00 bits per heavy atom. The zero-order valence-electron chi connectivity index (χ0n) is 12.1. The van der Waals surface area contributed by atoms with Gasteiger partial charge in [-0.1, -0.05) is 15.9 Å². The van der Waals surface area contributed by atoms with E-state index < -0.39 is 0 Å². The Bertz CT molecular complexity index is 582. The first-order valence-corrected chi connectivity index (χ1v) is 8.21. The summed E-state index contributed by atoms with van der Waals surface area (Å²) in [7, 11) is 0. The maximum Gasteiger partial charge on any atom is 0.228 e. The van der Waals surface area contributed by atoms with Gasteiger partial charge in [0.1, 0.15) is 0 Å². The van der Waals surface area contributed by atoms with E-state index in [1.165, 1.54) is 0 Å². The van der Waals surface area contributed by atoms with E-state index in [4.69, 9.17) is 0 Å². The summed E-state index contributed by atoms with van der Waals surface area (Å²) < 4.78 is 1.03. The first-order valence-electron chi connectivity index (χ1n) is 7.41. The summed E-state index contributed by atoms with van der Waals surface area (Å²) in [6.07, 6.45) is 2.51. The smallest absolute Gasteiger partial charge is 0.228 e. The molecule has 2 aliphatic heterocycles. The molecule has 4 nitrogen and oxygen atoms in total. The Hall–Kier alpha value is -1.36. The van der Waals surface area contributed by atoms with E-state index in [-0.39, 0.29) is 17.7 Å². The maximum atomic E-state index is 12.4. The molecule has 2 aliphatic rings. The molecule has 2 amide bonds. The summed E-state index contributed by atoms with van der Waals surface area (Å²) in [5.41, 5.74) is 1.98. The van der Waals surface area contributed by atoms with Crippen LogP contribution in [0.4, 0.5) is 5.69 Å². The first kappa shape index (κ1) is 14.6. The van der Waals surface area contributed by atoms with E-state index in [2.05, 4.69) is 15.9 Å². The number of rotatable bonds is 2. The minimum absolute atomic E-state index is 0.0502. The van der Waals surface area contributed by atoms with Crippen molar-refractivity contribution in [2.24, 2.45) is 5.92 Å². The van der Waals surface area contributed by atoms with Crippen LogP contribution in [-0.2, 0) is 9.59 Å². The lowest BCUT2D eigenvalue weighted by atomic mass is 10.1. The van der Waals surface area contributed by atoms with Crippen LogP contribution in [-0.4, -0.2) is 36.3 Å². The summed E-state index contributed by atoms with van der Waals surface area (Å²) in [5.74, 6) is 0.0194. The first-order chi connectivity index (χ1) is 10.1. The van der Waals surface area contributed by atoms with Crippen molar-refractivity contribution in [3.63, 3.8) is 0 Å². The molecule has 1 unspecified atom stereocenters. The highest BCUT2D eigenvalue weighted by molar-refractivity contribution is 9.10. The highest BCUT2D eigenvalue weighted by Gasteiger charge is 2.37. The lowest BCUT2D eigenvalue weighted by Crippen LogP contribution is -2.35. The van der Waals surface area contributed by atoms with Gasteiger partial charge in [0.05, 0.1) is 5.92 Å². The molecule has 5 heteroatoms. The van der Waals surface area contributed by atoms with Crippen molar-refractivity contribution in [3.8, 4) is 0 Å². The second-order valence-electron chi connectivity index (χ2n) is 5.87. The summed E-state index contributed by atoms with van der Waals surface area (Å²) in [6, 6.07) is 5.87. The zero-order valence-corrected chi connectivity index (χ0v) is 13.7. The van der Waals surface area contributed by atoms with Crippen LogP contribution in [0.3, 0.4) is 0 Å². The van der Waals surface area contributed by atoms with Gasteiger partial charge in [-0.3, -0.25) is 9.59 Å². The summed E-state index contributed by atoms with van der Waals surface area (Å²) in [6.45, 7) is 4.21. The minimum Gasteiger partial charge on any atom is -0.342 e. The van der Waals surface area contributed by atoms with Crippen LogP contribution < -0.4 is 4.90 Å². The molecule has 0 spiro atoms. The predicted molar refractivity (Wildman–Crippen MR) is 85.2 cm³/mol. The van der Waals surface area contributed by atoms with Crippen molar-refractivity contribution in [1.29, 1.82) is 0 Å². The molecule has 2 fully saturated rings. The van der Waals surface area contributed by atoms with Crippen molar-refractivity contribution in [3.05, 3.63) is 28.2 Å². The molecule has 1 atom stereocenters. The van der Waals surface area contributed by atoms with Gasteiger partial charge in [0.2, 0.25) is 11.8 Å². The maximum absolute atomic E-state index is 12.4. The minimum atomic E-state index is -0.181. The molecular formula is C16H19BrN2O2. The number of hydrogen-bond acceptors (Lipinski definition) is 2. The van der Waals surface area contributed by atoms with E-state index in [0.29, 0.717) is 13.0 Å². The van der Waals surface area contributed by atoms with E-state index >= 15 is 0 Å². The quantitative estimate of drug-likeness (QED) is 0.822. The highest BCUT2D eigenvalue weighted by atomic mass is 79.9. The number of anilines is 1. The van der Waals surface area contributed by atoms with Crippen LogP contribution in [0.15, 0.2) is 22.7 Å². The number of aryl methyl sites for hydroxylation is 1. The molecule has 0 bridgehead atoms. The molecule has 2 saturated heterocycles. The van der Waals surface area contributed by atoms with E-state index in [1.54, 1.807) is 4.90 Å². The van der Waals surface area contributed by atoms with Crippen LogP contribution in [0, 0.1) is 12.8 Å². The van der Waals surface area contributed by atoms with Crippen molar-refractivity contribution >= 4 is 33.4 Å². The van der Waals surface area contributed by atoms with Crippen molar-refractivity contribution in [1.82, 2.24) is 4.90 Å². The van der Waals surface area contributed by atoms with Crippen LogP contribution in [0.2, 0.25) is 0 Å². The third-order valence-electron chi connectivity index (χ3n) is 4.35. The van der Waals surface area contributed by atoms with Gasteiger partial charge in [-0.25, -0.2) is 0 Å². The average Bonchev–Trinajstić information content (AvgIpc) is 3.10. The monoisotopic (exact) mass is 350 g/mol. The molecular weight excluding hydrogens is 332 g/mol. The number of halogens is 1. The van der Waals surface area contributed by atoms with Crippen LogP contribution in [0.1, 0.15) is 24.8 Å². The largest absolute Gasteiger partial charge is 0.342 e. The predicted octanol–water partition coefficient (Wildman–Crippen LogP) is 2.73. The summed E-state index contributed by atoms with van der Waals surface area (Å²) in [4.78, 5) is 28.3. The normalized spacial score (nSPS) is 22.2. The molecule has 3 rings (SSSR count). The topological polar surface area (TPSA) is 40.6 Å². The molecule has 1 aromatic carbocycles. The van der Waals surface area contributed by atoms with Crippen molar-refractivity contribution in [2.45, 2.75) is 26.2 Å². The number of nitrogens with zero attached hydrogens (tertiary/aromatic N) is 2. The fourth-order valence-corrected chi connectivity index (χ4v) is 3.36. The lowest BCUT2D eigenvalue weighted by molar-refractivity contribution is -0.134. The Kier molecular flexibility index (Phi) is 4.02. The van der Waals surface area contributed by atoms with Crippen LogP contribution in [0.25, 0.3) is 0 Å². The van der Waals surface area contributed by atoms with Gasteiger partial charge in [-0.15, -0.1) is 0 Å². The number of amides is 2. The van der Waals surface area contributed by atoms with Gasteiger partial charge in [0, 0.05) is 36.2 Å². The Morgan fingerprint density at radius 1 is 1.29 bits per heavy atom. The molecule has 0 aromatic heterocycles. The molecule has 112 valence electrons. The molecule has 0 radical (unpaired) electrons. The average molecular weight is 351 g/mol. The lowest BCUT2D eigenvalue weighted by Gasteiger charge is -2.21. The molecule has 21 heavy (non-hydrogen) atoms. The van der Waals surface area contributed by atoms with E-state index in [1.807, 2.05) is 30.0 Å². The van der Waals surface area contributed by atoms with Gasteiger partial charge in [0.25, 0.3) is 0 Å². The number of benzene rings is 1. The van der Waals surface area contributed by atoms with Gasteiger partial charge in [-0.2, -0.15) is 0 Å². The zero-order chi connectivity index (χ0) is 15.0. The number of carbonyl (C=O) groups excluding carboxylic acids is 2. The second-order valence-corrected chi connectivity index (χ2v) is 6.73. The third kappa shape index (κ3) is 2.84. The molecule has 0 N–H and O–H groups in total. The highest BCUT2D eigenvalue weighted by Crippen LogP contribution is 2.29. The third-order valence-corrected chi connectivity index (χ3v) is 5.23. The van der Waals surface area contributed by atoms with Gasteiger partial charge in [0.15, 0.2) is 0 Å². The van der Waals surface area contributed by atoms with E-state index in [0.717, 1.165) is 41.7 Å². The standard InChI is InChI=1S/C16H19BrN2O2/c1-11-8-13(4-5-14(11)17)19-10-12(9-15(19)20)16(21)18-6-2-3-7-18/h4-5,8,12H,2-3,6-7,9-10H2,1H3. The molecule has 2 heterocycles. The van der Waals surface area contributed by atoms with Crippen molar-refractivity contribution < 1.29 is 9.59 Å². The Morgan fingerprint density at radius 3 is 2.67 bits per heavy atom. The van der Waals surface area contributed by atoms with Gasteiger partial charge < -0.3 is 9.80 Å². The number of likely N-dealkylation sites (tertiary alicyclic amines) is 1. The fourth-order valence-electron chi connectivity index (χ4n) is 3.12. The van der Waals surface area contributed by atoms with Crippen LogP contribution >= 0.6 is 15.9 Å². The van der Waals surface area contributed by atoms with E-state index in [9.17, 15) is 9.59 Å². The van der Waals surface area contributed by atoms with Crippen molar-refractivity contribution in [2.75, 3.05) is 24.5 Å². The molecule has 1 aromatic rings. The molecule has 0 saturated carbocycles. The Balaban J connectivity index is 1.74. The SMILES string of the molecule is Cc1cc(N2CC(C(=O)N3CCCC3)CC2=O)ccc1Br. The van der Waals surface area contributed by atoms with Gasteiger partial charge in [-0.05, 0) is 43.5 Å². The van der Waals surface area contributed by atoms with Crippen LogP contribution in [0.5, 0.6) is 0 Å². The molecule has 0 aliphatic carbocycles. The summed E-state index contributed by atoms with van der Waals surface area (Å²) >= 11 is 3.47. The summed E-state index contributed by atoms with van der Waals surface area (Å²) in [5, 5.41) is 0. The number of carbonyl (C=O) groups is 2. The van der Waals surface area contributed by atoms with Gasteiger partial charge >= 0.3 is 0 Å². The second kappa shape index (κ2) is 5.79. The Labute approximate surface area is 133 Å².